The van der Waals surface area contributed by atoms with Crippen molar-refractivity contribution in [2.75, 3.05) is 0 Å². The fourth-order valence-electron chi connectivity index (χ4n) is 2.11. The molecule has 0 aliphatic rings. The van der Waals surface area contributed by atoms with Gasteiger partial charge in [-0.1, -0.05) is 32.9 Å². The second kappa shape index (κ2) is 6.01. The molecule has 1 aromatic rings. The highest BCUT2D eigenvalue weighted by Gasteiger charge is 2.23. The van der Waals surface area contributed by atoms with Crippen LogP contribution in [0.3, 0.4) is 0 Å². The van der Waals surface area contributed by atoms with Crippen LogP contribution < -0.4 is 5.32 Å². The molecule has 0 bridgehead atoms. The molecule has 3 heteroatoms. The van der Waals surface area contributed by atoms with Gasteiger partial charge in [-0.25, -0.2) is 4.39 Å². The maximum atomic E-state index is 13.2. The summed E-state index contributed by atoms with van der Waals surface area (Å²) < 4.78 is 13.2. The lowest BCUT2D eigenvalue weighted by molar-refractivity contribution is 0.285. The molecular formula is C14H22FNO. The van der Waals surface area contributed by atoms with Crippen molar-refractivity contribution in [3.63, 3.8) is 0 Å². The predicted octanol–water partition coefficient (Wildman–Crippen LogP) is 3.59. The second-order valence-electron chi connectivity index (χ2n) is 4.44. The topological polar surface area (TPSA) is 32.3 Å². The zero-order valence-corrected chi connectivity index (χ0v) is 10.9. The van der Waals surface area contributed by atoms with Gasteiger partial charge >= 0.3 is 0 Å². The Morgan fingerprint density at radius 1 is 1.18 bits per heavy atom. The lowest BCUT2D eigenvalue weighted by Gasteiger charge is -2.32. The van der Waals surface area contributed by atoms with Crippen LogP contribution in [0.1, 0.15) is 45.6 Å². The number of hydrogen-bond acceptors (Lipinski definition) is 2. The lowest BCUT2D eigenvalue weighted by Crippen LogP contribution is -2.43. The molecule has 1 rings (SSSR count). The van der Waals surface area contributed by atoms with Gasteiger partial charge in [-0.3, -0.25) is 0 Å². The SMILES string of the molecule is CCC(CC)(CC)NCc1cccc(F)c1O. The van der Waals surface area contributed by atoms with E-state index in [4.69, 9.17) is 0 Å². The number of aromatic hydroxyl groups is 1. The Bertz CT molecular complexity index is 353. The minimum absolute atomic E-state index is 0.0821. The van der Waals surface area contributed by atoms with Gasteiger partial charge in [0.05, 0.1) is 0 Å². The standard InChI is InChI=1S/C14H22FNO/c1-4-14(5-2,6-3)16-10-11-8-7-9-12(15)13(11)17/h7-9,16-17H,4-6,10H2,1-3H3. The molecule has 0 unspecified atom stereocenters. The molecule has 1 aromatic carbocycles. The first-order valence-electron chi connectivity index (χ1n) is 6.30. The van der Waals surface area contributed by atoms with E-state index in [0.29, 0.717) is 12.1 Å². The molecule has 0 spiro atoms. The van der Waals surface area contributed by atoms with E-state index in [1.54, 1.807) is 12.1 Å². The van der Waals surface area contributed by atoms with E-state index in [1.165, 1.54) is 6.07 Å². The normalized spacial score (nSPS) is 11.8. The lowest BCUT2D eigenvalue weighted by atomic mass is 9.89. The van der Waals surface area contributed by atoms with Crippen molar-refractivity contribution in [2.24, 2.45) is 0 Å². The molecule has 0 saturated heterocycles. The molecule has 0 fully saturated rings. The fourth-order valence-corrected chi connectivity index (χ4v) is 2.11. The van der Waals surface area contributed by atoms with Crippen LogP contribution in [0.15, 0.2) is 18.2 Å². The van der Waals surface area contributed by atoms with Crippen LogP contribution in [0.4, 0.5) is 4.39 Å². The van der Waals surface area contributed by atoms with Gasteiger partial charge in [0.15, 0.2) is 11.6 Å². The van der Waals surface area contributed by atoms with E-state index in [-0.39, 0.29) is 11.3 Å². The third-order valence-electron chi connectivity index (χ3n) is 3.75. The Balaban J connectivity index is 2.75. The number of phenolic OH excluding ortho intramolecular Hbond substituents is 1. The summed E-state index contributed by atoms with van der Waals surface area (Å²) in [6.07, 6.45) is 3.07. The molecule has 0 heterocycles. The number of hydrogen-bond donors (Lipinski definition) is 2. The van der Waals surface area contributed by atoms with Crippen LogP contribution in [0.25, 0.3) is 0 Å². The maximum absolute atomic E-state index is 13.2. The van der Waals surface area contributed by atoms with E-state index in [9.17, 15) is 9.50 Å². The third kappa shape index (κ3) is 3.19. The fraction of sp³-hybridized carbons (Fsp3) is 0.571. The first kappa shape index (κ1) is 14.0. The van der Waals surface area contributed by atoms with Crippen LogP contribution in [-0.4, -0.2) is 10.6 Å². The van der Waals surface area contributed by atoms with Gasteiger partial charge in [0.1, 0.15) is 0 Å². The monoisotopic (exact) mass is 239 g/mol. The Morgan fingerprint density at radius 3 is 2.29 bits per heavy atom. The highest BCUT2D eigenvalue weighted by Crippen LogP contribution is 2.24. The molecule has 0 aromatic heterocycles. The van der Waals surface area contributed by atoms with Crippen molar-refractivity contribution in [2.45, 2.75) is 52.1 Å². The summed E-state index contributed by atoms with van der Waals surface area (Å²) in [5.41, 5.74) is 0.698. The number of nitrogens with one attached hydrogen (secondary N) is 1. The Morgan fingerprint density at radius 2 is 1.76 bits per heavy atom. The highest BCUT2D eigenvalue weighted by atomic mass is 19.1. The first-order valence-corrected chi connectivity index (χ1v) is 6.30. The summed E-state index contributed by atoms with van der Waals surface area (Å²) in [5, 5.41) is 13.0. The summed E-state index contributed by atoms with van der Waals surface area (Å²) >= 11 is 0. The van der Waals surface area contributed by atoms with E-state index in [2.05, 4.69) is 26.1 Å². The van der Waals surface area contributed by atoms with Gasteiger partial charge in [0, 0.05) is 17.6 Å². The van der Waals surface area contributed by atoms with Gasteiger partial charge in [-0.05, 0) is 25.3 Å². The molecule has 17 heavy (non-hydrogen) atoms. The maximum Gasteiger partial charge on any atom is 0.165 e. The minimum Gasteiger partial charge on any atom is -0.505 e. The van der Waals surface area contributed by atoms with Crippen molar-refractivity contribution in [1.82, 2.24) is 5.32 Å². The van der Waals surface area contributed by atoms with Crippen LogP contribution in [0.2, 0.25) is 0 Å². The average molecular weight is 239 g/mol. The van der Waals surface area contributed by atoms with Gasteiger partial charge in [-0.2, -0.15) is 0 Å². The summed E-state index contributed by atoms with van der Waals surface area (Å²) in [7, 11) is 0. The van der Waals surface area contributed by atoms with Crippen LogP contribution in [0.5, 0.6) is 5.75 Å². The van der Waals surface area contributed by atoms with Gasteiger partial charge in [-0.15, -0.1) is 0 Å². The Kier molecular flexibility index (Phi) is 4.94. The van der Waals surface area contributed by atoms with Crippen molar-refractivity contribution in [3.8, 4) is 5.75 Å². The molecule has 2 nitrogen and oxygen atoms in total. The van der Waals surface area contributed by atoms with Gasteiger partial charge in [0.2, 0.25) is 0 Å². The third-order valence-corrected chi connectivity index (χ3v) is 3.75. The Labute approximate surface area is 103 Å². The van der Waals surface area contributed by atoms with E-state index in [0.717, 1.165) is 19.3 Å². The smallest absolute Gasteiger partial charge is 0.165 e. The van der Waals surface area contributed by atoms with Crippen molar-refractivity contribution >= 4 is 0 Å². The molecule has 0 saturated carbocycles. The highest BCUT2D eigenvalue weighted by molar-refractivity contribution is 5.33. The van der Waals surface area contributed by atoms with E-state index < -0.39 is 5.82 Å². The van der Waals surface area contributed by atoms with E-state index >= 15 is 0 Å². The van der Waals surface area contributed by atoms with E-state index in [1.807, 2.05) is 0 Å². The second-order valence-corrected chi connectivity index (χ2v) is 4.44. The van der Waals surface area contributed by atoms with Gasteiger partial charge in [0.25, 0.3) is 0 Å². The molecule has 0 atom stereocenters. The number of phenols is 1. The average Bonchev–Trinajstić information content (AvgIpc) is 2.36. The molecular weight excluding hydrogens is 217 g/mol. The molecule has 0 amide bonds. The summed E-state index contributed by atoms with van der Waals surface area (Å²) in [4.78, 5) is 0. The zero-order chi connectivity index (χ0) is 12.9. The zero-order valence-electron chi connectivity index (χ0n) is 10.9. The number of halogens is 1. The summed E-state index contributed by atoms with van der Waals surface area (Å²) in [6, 6.07) is 4.64. The summed E-state index contributed by atoms with van der Waals surface area (Å²) in [6.45, 7) is 6.93. The minimum atomic E-state index is -0.556. The largest absolute Gasteiger partial charge is 0.505 e. The van der Waals surface area contributed by atoms with Crippen molar-refractivity contribution in [3.05, 3.63) is 29.6 Å². The van der Waals surface area contributed by atoms with Gasteiger partial charge < -0.3 is 10.4 Å². The quantitative estimate of drug-likeness (QED) is 0.795. The van der Waals surface area contributed by atoms with Crippen molar-refractivity contribution < 1.29 is 9.50 Å². The number of para-hydroxylation sites is 1. The van der Waals surface area contributed by atoms with Crippen LogP contribution >= 0.6 is 0 Å². The van der Waals surface area contributed by atoms with Crippen LogP contribution in [0, 0.1) is 5.82 Å². The molecule has 96 valence electrons. The Hall–Kier alpha value is -1.09. The molecule has 0 aliphatic carbocycles. The number of benzene rings is 1. The van der Waals surface area contributed by atoms with Crippen molar-refractivity contribution in [1.29, 1.82) is 0 Å². The molecule has 2 N–H and O–H groups in total. The van der Waals surface area contributed by atoms with Crippen LogP contribution in [-0.2, 0) is 6.54 Å². The summed E-state index contributed by atoms with van der Waals surface area (Å²) in [5.74, 6) is -0.795. The predicted molar refractivity (Wildman–Crippen MR) is 68.5 cm³/mol. The first-order chi connectivity index (χ1) is 8.08. The molecule has 0 radical (unpaired) electrons. The number of rotatable bonds is 6. The molecule has 0 aliphatic heterocycles.